The van der Waals surface area contributed by atoms with Gasteiger partial charge in [-0.15, -0.1) is 0 Å². The number of carbonyl (C=O) groups is 2. The third kappa shape index (κ3) is 4.71. The summed E-state index contributed by atoms with van der Waals surface area (Å²) in [7, 11) is 0. The molecule has 0 saturated heterocycles. The van der Waals surface area contributed by atoms with Gasteiger partial charge in [-0.05, 0) is 43.7 Å². The molecule has 9 heteroatoms. The lowest BCUT2D eigenvalue weighted by molar-refractivity contribution is -0.141. The predicted octanol–water partition coefficient (Wildman–Crippen LogP) is 4.23. The van der Waals surface area contributed by atoms with Gasteiger partial charge < -0.3 is 10.1 Å². The van der Waals surface area contributed by atoms with E-state index in [9.17, 15) is 22.8 Å². The minimum absolute atomic E-state index is 0.0267. The van der Waals surface area contributed by atoms with E-state index in [0.717, 1.165) is 18.3 Å². The molecule has 1 heterocycles. The lowest BCUT2D eigenvalue weighted by atomic mass is 10.1. The Morgan fingerprint density at radius 2 is 1.77 bits per heavy atom. The Morgan fingerprint density at radius 3 is 2.31 bits per heavy atom. The van der Waals surface area contributed by atoms with Crippen LogP contribution in [0.2, 0.25) is 0 Å². The Balaban J connectivity index is 2.15. The summed E-state index contributed by atoms with van der Waals surface area (Å²) in [6, 6.07) is 6.61. The molecule has 26 heavy (non-hydrogen) atoms. The lowest BCUT2D eigenvalue weighted by Gasteiger charge is -2.13. The molecular formula is C17H16F3N3O3. The van der Waals surface area contributed by atoms with E-state index in [2.05, 4.69) is 15.6 Å². The van der Waals surface area contributed by atoms with Crippen molar-refractivity contribution in [3.8, 4) is 0 Å². The van der Waals surface area contributed by atoms with E-state index in [1.165, 1.54) is 0 Å². The predicted molar refractivity (Wildman–Crippen MR) is 89.0 cm³/mol. The zero-order valence-corrected chi connectivity index (χ0v) is 14.0. The monoisotopic (exact) mass is 367 g/mol. The van der Waals surface area contributed by atoms with Gasteiger partial charge in [0.1, 0.15) is 5.69 Å². The summed E-state index contributed by atoms with van der Waals surface area (Å²) in [5, 5.41) is 5.12. The molecule has 0 atom stereocenters. The van der Waals surface area contributed by atoms with Crippen LogP contribution in [0.25, 0.3) is 0 Å². The van der Waals surface area contributed by atoms with Gasteiger partial charge in [-0.3, -0.25) is 15.1 Å². The van der Waals surface area contributed by atoms with E-state index in [1.807, 2.05) is 0 Å². The molecular weight excluding hydrogens is 351 g/mol. The van der Waals surface area contributed by atoms with Crippen LogP contribution in [0.3, 0.4) is 0 Å². The quantitative estimate of drug-likeness (QED) is 0.847. The van der Waals surface area contributed by atoms with E-state index in [0.29, 0.717) is 16.9 Å². The number of amides is 2. The van der Waals surface area contributed by atoms with Crippen LogP contribution in [-0.4, -0.2) is 23.6 Å². The third-order valence-corrected chi connectivity index (χ3v) is 3.41. The summed E-state index contributed by atoms with van der Waals surface area (Å²) < 4.78 is 42.3. The van der Waals surface area contributed by atoms with Crippen LogP contribution < -0.4 is 10.6 Å². The first kappa shape index (κ1) is 19.2. The fraction of sp³-hybridized carbons (Fsp3) is 0.235. The maximum atomic E-state index is 12.5. The minimum Gasteiger partial charge on any atom is -0.450 e. The number of rotatable bonds is 4. The summed E-state index contributed by atoms with van der Waals surface area (Å²) >= 11 is 0. The first-order chi connectivity index (χ1) is 12.2. The highest BCUT2D eigenvalue weighted by Crippen LogP contribution is 2.28. The molecule has 0 aliphatic carbocycles. The molecule has 0 aliphatic heterocycles. The van der Waals surface area contributed by atoms with Crippen LogP contribution in [0.1, 0.15) is 28.5 Å². The van der Waals surface area contributed by atoms with Crippen molar-refractivity contribution in [2.75, 3.05) is 17.2 Å². The second-order valence-electron chi connectivity index (χ2n) is 5.21. The molecule has 0 radical (unpaired) electrons. The Hall–Kier alpha value is -3.10. The molecule has 0 bridgehead atoms. The van der Waals surface area contributed by atoms with Gasteiger partial charge in [-0.2, -0.15) is 13.2 Å². The van der Waals surface area contributed by atoms with Crippen LogP contribution in [0.15, 0.2) is 36.5 Å². The Kier molecular flexibility index (Phi) is 5.81. The van der Waals surface area contributed by atoms with Gasteiger partial charge in [0.25, 0.3) is 5.91 Å². The fourth-order valence-corrected chi connectivity index (χ4v) is 2.07. The van der Waals surface area contributed by atoms with E-state index >= 15 is 0 Å². The number of benzene rings is 1. The van der Waals surface area contributed by atoms with Crippen molar-refractivity contribution in [2.45, 2.75) is 20.0 Å². The maximum Gasteiger partial charge on any atom is 0.433 e. The molecule has 138 valence electrons. The number of halogens is 3. The van der Waals surface area contributed by atoms with Crippen LogP contribution in [0.4, 0.5) is 29.3 Å². The van der Waals surface area contributed by atoms with Gasteiger partial charge >= 0.3 is 12.3 Å². The molecule has 6 nitrogen and oxygen atoms in total. The SMILES string of the molecule is CCOC(=O)Nc1cccc(NC(=O)c2ccc(C(F)(F)F)nc2)c1C. The van der Waals surface area contributed by atoms with Crippen molar-refractivity contribution >= 4 is 23.4 Å². The fourth-order valence-electron chi connectivity index (χ4n) is 2.07. The minimum atomic E-state index is -4.57. The summed E-state index contributed by atoms with van der Waals surface area (Å²) in [6.45, 7) is 3.55. The molecule has 2 N–H and O–H groups in total. The zero-order valence-electron chi connectivity index (χ0n) is 14.0. The standard InChI is InChI=1S/C17H16F3N3O3/c1-3-26-16(25)23-13-6-4-5-12(10(13)2)22-15(24)11-7-8-14(21-9-11)17(18,19)20/h4-9H,3H2,1-2H3,(H,22,24)(H,23,25). The van der Waals surface area contributed by atoms with E-state index in [-0.39, 0.29) is 12.2 Å². The Bertz CT molecular complexity index is 805. The Morgan fingerprint density at radius 1 is 1.12 bits per heavy atom. The lowest BCUT2D eigenvalue weighted by Crippen LogP contribution is -2.17. The summed E-state index contributed by atoms with van der Waals surface area (Å²) in [5.41, 5.74) is 0.289. The van der Waals surface area contributed by atoms with Crippen molar-refractivity contribution in [3.63, 3.8) is 0 Å². The molecule has 1 aromatic heterocycles. The van der Waals surface area contributed by atoms with Crippen molar-refractivity contribution in [2.24, 2.45) is 0 Å². The van der Waals surface area contributed by atoms with Gasteiger partial charge in [0.15, 0.2) is 0 Å². The Labute approximate surface area is 147 Å². The summed E-state index contributed by atoms with van der Waals surface area (Å²) in [4.78, 5) is 27.0. The number of pyridine rings is 1. The number of nitrogens with one attached hydrogen (secondary N) is 2. The molecule has 2 aromatic rings. The van der Waals surface area contributed by atoms with Crippen LogP contribution >= 0.6 is 0 Å². The number of nitrogens with zero attached hydrogens (tertiary/aromatic N) is 1. The van der Waals surface area contributed by atoms with Crippen molar-refractivity contribution in [1.29, 1.82) is 0 Å². The molecule has 2 rings (SSSR count). The molecule has 0 saturated carbocycles. The second-order valence-corrected chi connectivity index (χ2v) is 5.21. The molecule has 2 amide bonds. The van der Waals surface area contributed by atoms with Crippen LogP contribution in [-0.2, 0) is 10.9 Å². The highest BCUT2D eigenvalue weighted by molar-refractivity contribution is 6.05. The van der Waals surface area contributed by atoms with E-state index in [1.54, 1.807) is 32.0 Å². The molecule has 0 fully saturated rings. The number of ether oxygens (including phenoxy) is 1. The van der Waals surface area contributed by atoms with Crippen molar-refractivity contribution in [1.82, 2.24) is 4.98 Å². The van der Waals surface area contributed by atoms with Crippen molar-refractivity contribution in [3.05, 3.63) is 53.3 Å². The average Bonchev–Trinajstić information content (AvgIpc) is 2.58. The largest absolute Gasteiger partial charge is 0.450 e. The number of carbonyl (C=O) groups excluding carboxylic acids is 2. The van der Waals surface area contributed by atoms with Gasteiger partial charge in [0.2, 0.25) is 0 Å². The number of alkyl halides is 3. The topological polar surface area (TPSA) is 80.3 Å². The van der Waals surface area contributed by atoms with Crippen LogP contribution in [0, 0.1) is 6.92 Å². The average molecular weight is 367 g/mol. The normalized spacial score (nSPS) is 11.0. The molecule has 0 unspecified atom stereocenters. The van der Waals surface area contributed by atoms with Gasteiger partial charge in [0, 0.05) is 17.6 Å². The highest BCUT2D eigenvalue weighted by atomic mass is 19.4. The van der Waals surface area contributed by atoms with Gasteiger partial charge in [-0.1, -0.05) is 6.07 Å². The zero-order chi connectivity index (χ0) is 19.3. The first-order valence-electron chi connectivity index (χ1n) is 7.60. The van der Waals surface area contributed by atoms with Crippen LogP contribution in [0.5, 0.6) is 0 Å². The summed E-state index contributed by atoms with van der Waals surface area (Å²) in [5.74, 6) is -0.623. The maximum absolute atomic E-state index is 12.5. The molecule has 0 aliphatic rings. The first-order valence-corrected chi connectivity index (χ1v) is 7.60. The highest BCUT2D eigenvalue weighted by Gasteiger charge is 2.32. The van der Waals surface area contributed by atoms with Gasteiger partial charge in [-0.25, -0.2) is 4.79 Å². The number of hydrogen-bond donors (Lipinski definition) is 2. The van der Waals surface area contributed by atoms with Gasteiger partial charge in [0.05, 0.1) is 12.2 Å². The smallest absolute Gasteiger partial charge is 0.433 e. The summed E-state index contributed by atoms with van der Waals surface area (Å²) in [6.07, 6.45) is -4.35. The number of aromatic nitrogens is 1. The second kappa shape index (κ2) is 7.85. The van der Waals surface area contributed by atoms with Crippen molar-refractivity contribution < 1.29 is 27.5 Å². The van der Waals surface area contributed by atoms with E-state index in [4.69, 9.17) is 4.74 Å². The third-order valence-electron chi connectivity index (χ3n) is 3.41. The molecule has 1 aromatic carbocycles. The number of anilines is 2. The molecule has 0 spiro atoms. The number of hydrogen-bond acceptors (Lipinski definition) is 4. The van der Waals surface area contributed by atoms with E-state index < -0.39 is 23.9 Å².